The van der Waals surface area contributed by atoms with Gasteiger partial charge in [-0.2, -0.15) is 5.26 Å². The van der Waals surface area contributed by atoms with Crippen molar-refractivity contribution in [1.29, 1.82) is 5.26 Å². The van der Waals surface area contributed by atoms with E-state index in [1.165, 1.54) is 13.2 Å². The number of phenolic OH excluding ortho intramolecular Hbond substituents is 1. The average molecular weight is 212 g/mol. The second-order valence-corrected chi connectivity index (χ2v) is 3.25. The number of hydrogen-bond acceptors (Lipinski definition) is 3. The van der Waals surface area contributed by atoms with Gasteiger partial charge in [0.25, 0.3) is 0 Å². The fourth-order valence-corrected chi connectivity index (χ4v) is 1.66. The zero-order chi connectivity index (χ0) is 10.7. The summed E-state index contributed by atoms with van der Waals surface area (Å²) in [4.78, 5) is 0. The molecule has 0 amide bonds. The van der Waals surface area contributed by atoms with Crippen LogP contribution in [0.1, 0.15) is 11.1 Å². The molecule has 0 atom stereocenters. The van der Waals surface area contributed by atoms with Crippen LogP contribution in [-0.4, -0.2) is 12.2 Å². The number of aromatic hydroxyl groups is 1. The Kier molecular flexibility index (Phi) is 3.21. The summed E-state index contributed by atoms with van der Waals surface area (Å²) in [6, 6.07) is 3.55. The summed E-state index contributed by atoms with van der Waals surface area (Å²) < 4.78 is 4.93. The van der Waals surface area contributed by atoms with E-state index in [0.717, 1.165) is 5.56 Å². The van der Waals surface area contributed by atoms with Gasteiger partial charge in [-0.05, 0) is 24.1 Å². The number of nitriles is 1. The van der Waals surface area contributed by atoms with Crippen LogP contribution in [0.5, 0.6) is 11.5 Å². The van der Waals surface area contributed by atoms with Gasteiger partial charge in [0.2, 0.25) is 0 Å². The molecule has 0 saturated carbocycles. The van der Waals surface area contributed by atoms with Crippen molar-refractivity contribution in [2.24, 2.45) is 0 Å². The zero-order valence-electron chi connectivity index (χ0n) is 7.97. The first-order valence-corrected chi connectivity index (χ1v) is 4.41. The maximum atomic E-state index is 9.47. The fourth-order valence-electron chi connectivity index (χ4n) is 1.27. The van der Waals surface area contributed by atoms with Crippen molar-refractivity contribution >= 4 is 11.6 Å². The van der Waals surface area contributed by atoms with E-state index < -0.39 is 0 Å². The number of hydrogen-bond donors (Lipinski definition) is 1. The maximum Gasteiger partial charge on any atom is 0.179 e. The van der Waals surface area contributed by atoms with Crippen LogP contribution in [-0.2, 0) is 6.42 Å². The predicted molar refractivity (Wildman–Crippen MR) is 53.7 cm³/mol. The van der Waals surface area contributed by atoms with Gasteiger partial charge in [0, 0.05) is 0 Å². The summed E-state index contributed by atoms with van der Waals surface area (Å²) in [5.41, 5.74) is 1.48. The van der Waals surface area contributed by atoms with Crippen molar-refractivity contribution in [1.82, 2.24) is 0 Å². The summed E-state index contributed by atoms with van der Waals surface area (Å²) >= 11 is 5.96. The van der Waals surface area contributed by atoms with Crippen LogP contribution in [0.25, 0.3) is 0 Å². The Hall–Kier alpha value is -1.40. The highest BCUT2D eigenvalue weighted by Crippen LogP contribution is 2.38. The van der Waals surface area contributed by atoms with Gasteiger partial charge in [-0.3, -0.25) is 0 Å². The van der Waals surface area contributed by atoms with Crippen molar-refractivity contribution in [3.05, 3.63) is 22.2 Å². The second-order valence-electron chi connectivity index (χ2n) is 2.87. The van der Waals surface area contributed by atoms with Crippen LogP contribution >= 0.6 is 11.6 Å². The van der Waals surface area contributed by atoms with Gasteiger partial charge in [0.1, 0.15) is 0 Å². The molecule has 0 aliphatic heterocycles. The van der Waals surface area contributed by atoms with Crippen molar-refractivity contribution in [2.75, 3.05) is 7.11 Å². The van der Waals surface area contributed by atoms with Crippen LogP contribution in [0.2, 0.25) is 5.02 Å². The first-order chi connectivity index (χ1) is 6.61. The van der Waals surface area contributed by atoms with E-state index in [1.807, 2.05) is 6.07 Å². The quantitative estimate of drug-likeness (QED) is 0.818. The number of aryl methyl sites for hydroxylation is 1. The lowest BCUT2D eigenvalue weighted by Gasteiger charge is -2.11. The molecule has 0 heterocycles. The molecule has 1 N–H and O–H groups in total. The monoisotopic (exact) mass is 211 g/mol. The molecule has 0 fully saturated rings. The number of ether oxygens (including phenoxy) is 1. The van der Waals surface area contributed by atoms with Crippen LogP contribution in [0.15, 0.2) is 6.07 Å². The summed E-state index contributed by atoms with van der Waals surface area (Å²) in [7, 11) is 1.42. The molecule has 0 bridgehead atoms. The largest absolute Gasteiger partial charge is 0.504 e. The molecular formula is C10H10ClNO2. The van der Waals surface area contributed by atoms with Crippen molar-refractivity contribution in [3.8, 4) is 17.6 Å². The molecule has 1 aromatic carbocycles. The third-order valence-corrected chi connectivity index (χ3v) is 2.39. The Balaban J connectivity index is 3.37. The lowest BCUT2D eigenvalue weighted by molar-refractivity contribution is 0.373. The number of nitrogens with zero attached hydrogens (tertiary/aromatic N) is 1. The minimum absolute atomic E-state index is 0.00307. The van der Waals surface area contributed by atoms with E-state index in [4.69, 9.17) is 21.6 Å². The molecule has 14 heavy (non-hydrogen) atoms. The van der Waals surface area contributed by atoms with Crippen LogP contribution in [0.3, 0.4) is 0 Å². The zero-order valence-corrected chi connectivity index (χ0v) is 8.72. The fraction of sp³-hybridized carbons (Fsp3) is 0.300. The molecule has 0 aromatic heterocycles. The minimum Gasteiger partial charge on any atom is -0.504 e. The Bertz CT molecular complexity index is 396. The smallest absolute Gasteiger partial charge is 0.179 e. The van der Waals surface area contributed by atoms with Crippen molar-refractivity contribution < 1.29 is 9.84 Å². The standard InChI is InChI=1S/C10H10ClNO2/c1-6-5-8(13)10(14-2)9(11)7(6)3-4-12/h5,13H,3H2,1-2H3. The summed E-state index contributed by atoms with van der Waals surface area (Å²) in [5, 5.41) is 18.4. The molecule has 1 rings (SSSR count). The molecule has 0 aliphatic rings. The first kappa shape index (κ1) is 10.7. The molecule has 4 heteroatoms. The Labute approximate surface area is 87.5 Å². The van der Waals surface area contributed by atoms with Crippen molar-refractivity contribution in [3.63, 3.8) is 0 Å². The maximum absolute atomic E-state index is 9.47. The van der Waals surface area contributed by atoms with E-state index in [1.54, 1.807) is 6.92 Å². The Morgan fingerprint density at radius 2 is 2.29 bits per heavy atom. The van der Waals surface area contributed by atoms with Gasteiger partial charge in [-0.15, -0.1) is 0 Å². The van der Waals surface area contributed by atoms with E-state index in [-0.39, 0.29) is 17.9 Å². The molecule has 0 spiro atoms. The highest BCUT2D eigenvalue weighted by atomic mass is 35.5. The lowest BCUT2D eigenvalue weighted by atomic mass is 10.1. The normalized spacial score (nSPS) is 9.57. The number of methoxy groups -OCH3 is 1. The summed E-state index contributed by atoms with van der Waals surface area (Å²) in [6.07, 6.45) is 0.210. The van der Waals surface area contributed by atoms with E-state index in [0.29, 0.717) is 10.6 Å². The lowest BCUT2D eigenvalue weighted by Crippen LogP contribution is -1.94. The Morgan fingerprint density at radius 3 is 2.79 bits per heavy atom. The first-order valence-electron chi connectivity index (χ1n) is 4.03. The van der Waals surface area contributed by atoms with E-state index >= 15 is 0 Å². The van der Waals surface area contributed by atoms with Crippen LogP contribution in [0.4, 0.5) is 0 Å². The van der Waals surface area contributed by atoms with Gasteiger partial charge >= 0.3 is 0 Å². The number of phenols is 1. The molecule has 0 saturated heterocycles. The molecule has 3 nitrogen and oxygen atoms in total. The van der Waals surface area contributed by atoms with Gasteiger partial charge in [-0.25, -0.2) is 0 Å². The molecule has 74 valence electrons. The van der Waals surface area contributed by atoms with Crippen LogP contribution < -0.4 is 4.74 Å². The SMILES string of the molecule is COc1c(O)cc(C)c(CC#N)c1Cl. The molecular weight excluding hydrogens is 202 g/mol. The second kappa shape index (κ2) is 4.21. The Morgan fingerprint density at radius 1 is 1.64 bits per heavy atom. The topological polar surface area (TPSA) is 53.2 Å². The van der Waals surface area contributed by atoms with Gasteiger partial charge in [-0.1, -0.05) is 11.6 Å². The third kappa shape index (κ3) is 1.75. The predicted octanol–water partition coefficient (Wildman–Crippen LogP) is 2.43. The average Bonchev–Trinajstić information content (AvgIpc) is 2.12. The highest BCUT2D eigenvalue weighted by Gasteiger charge is 2.14. The minimum atomic E-state index is -0.00307. The van der Waals surface area contributed by atoms with E-state index in [9.17, 15) is 5.11 Å². The molecule has 0 radical (unpaired) electrons. The number of benzene rings is 1. The van der Waals surface area contributed by atoms with Gasteiger partial charge < -0.3 is 9.84 Å². The summed E-state index contributed by atoms with van der Waals surface area (Å²) in [5.74, 6) is 0.221. The number of halogens is 1. The van der Waals surface area contributed by atoms with Crippen LogP contribution in [0, 0.1) is 18.3 Å². The van der Waals surface area contributed by atoms with Crippen molar-refractivity contribution in [2.45, 2.75) is 13.3 Å². The highest BCUT2D eigenvalue weighted by molar-refractivity contribution is 6.33. The molecule has 0 aliphatic carbocycles. The third-order valence-electron chi connectivity index (χ3n) is 1.99. The molecule has 0 unspecified atom stereocenters. The number of rotatable bonds is 2. The van der Waals surface area contributed by atoms with Gasteiger partial charge in [0.05, 0.1) is 24.6 Å². The summed E-state index contributed by atoms with van der Waals surface area (Å²) in [6.45, 7) is 1.79. The van der Waals surface area contributed by atoms with E-state index in [2.05, 4.69) is 0 Å². The van der Waals surface area contributed by atoms with Gasteiger partial charge in [0.15, 0.2) is 11.5 Å². The molecule has 1 aromatic rings.